The first kappa shape index (κ1) is 17.6. The molecule has 1 aromatic heterocycles. The lowest BCUT2D eigenvalue weighted by Gasteiger charge is -2.30. The molecule has 2 nitrogen and oxygen atoms in total. The summed E-state index contributed by atoms with van der Waals surface area (Å²) in [6.07, 6.45) is -4.47. The maximum atomic E-state index is 12.6. The van der Waals surface area contributed by atoms with Crippen LogP contribution in [0.3, 0.4) is 0 Å². The second-order valence-electron chi connectivity index (χ2n) is 5.57. The minimum atomic E-state index is -4.47. The number of halogens is 5. The summed E-state index contributed by atoms with van der Waals surface area (Å²) in [5, 5.41) is 0. The summed E-state index contributed by atoms with van der Waals surface area (Å²) in [6, 6.07) is 1.29. The molecule has 0 atom stereocenters. The van der Waals surface area contributed by atoms with E-state index < -0.39 is 24.0 Å². The lowest BCUT2D eigenvalue weighted by atomic mass is 9.95. The number of hydrogen-bond donors (Lipinski definition) is 0. The van der Waals surface area contributed by atoms with Gasteiger partial charge < -0.3 is 4.90 Å². The first-order chi connectivity index (χ1) is 8.89. The van der Waals surface area contributed by atoms with Crippen molar-refractivity contribution in [3.8, 4) is 0 Å². The third-order valence-electron chi connectivity index (χ3n) is 2.21. The van der Waals surface area contributed by atoms with Crippen molar-refractivity contribution in [3.63, 3.8) is 0 Å². The van der Waals surface area contributed by atoms with Crippen molar-refractivity contribution >= 4 is 40.4 Å². The van der Waals surface area contributed by atoms with Crippen molar-refractivity contribution in [2.24, 2.45) is 5.41 Å². The van der Waals surface area contributed by atoms with Crippen LogP contribution in [-0.4, -0.2) is 30.1 Å². The maximum absolute atomic E-state index is 12.6. The molecule has 0 unspecified atom stereocenters. The van der Waals surface area contributed by atoms with E-state index in [1.165, 1.54) is 6.07 Å². The molecule has 0 aromatic carbocycles. The number of rotatable bonds is 3. The smallest absolute Gasteiger partial charge is 0.329 e. The van der Waals surface area contributed by atoms with Crippen LogP contribution in [0.25, 0.3) is 0 Å². The molecule has 1 aromatic rings. The molecule has 0 aliphatic carbocycles. The SMILES string of the molecule is CC(C)(C)CN(CC(F)(F)F)C(=O)c1cc(Cl)sc1Cl. The van der Waals surface area contributed by atoms with Crippen molar-refractivity contribution in [3.05, 3.63) is 20.3 Å². The quantitative estimate of drug-likeness (QED) is 0.744. The molecule has 0 bridgehead atoms. The van der Waals surface area contributed by atoms with E-state index in [0.29, 0.717) is 0 Å². The third-order valence-corrected chi connectivity index (χ3v) is 3.70. The topological polar surface area (TPSA) is 20.3 Å². The number of alkyl halides is 3. The largest absolute Gasteiger partial charge is 0.406 e. The molecule has 20 heavy (non-hydrogen) atoms. The molecule has 0 saturated carbocycles. The van der Waals surface area contributed by atoms with Gasteiger partial charge in [-0.15, -0.1) is 11.3 Å². The highest BCUT2D eigenvalue weighted by Crippen LogP contribution is 2.33. The summed E-state index contributed by atoms with van der Waals surface area (Å²) < 4.78 is 38.2. The Bertz CT molecular complexity index is 478. The standard InChI is InChI=1S/C12H14Cl2F3NOS/c1-11(2,3)5-18(6-12(15,16)17)10(19)7-4-8(13)20-9(7)14/h4H,5-6H2,1-3H3. The van der Waals surface area contributed by atoms with Crippen molar-refractivity contribution < 1.29 is 18.0 Å². The molecule has 0 radical (unpaired) electrons. The van der Waals surface area contributed by atoms with Crippen molar-refractivity contribution in [2.45, 2.75) is 26.9 Å². The molecular weight excluding hydrogens is 334 g/mol. The van der Waals surface area contributed by atoms with Gasteiger partial charge in [0, 0.05) is 6.54 Å². The van der Waals surface area contributed by atoms with E-state index in [9.17, 15) is 18.0 Å². The minimum absolute atomic E-state index is 0.00941. The van der Waals surface area contributed by atoms with Gasteiger partial charge in [0.15, 0.2) is 0 Å². The Labute approximate surface area is 129 Å². The number of hydrogen-bond acceptors (Lipinski definition) is 2. The van der Waals surface area contributed by atoms with E-state index in [-0.39, 0.29) is 20.8 Å². The van der Waals surface area contributed by atoms with E-state index >= 15 is 0 Å². The van der Waals surface area contributed by atoms with E-state index in [0.717, 1.165) is 16.2 Å². The molecule has 1 rings (SSSR count). The van der Waals surface area contributed by atoms with Crippen LogP contribution < -0.4 is 0 Å². The number of thiophene rings is 1. The maximum Gasteiger partial charge on any atom is 0.406 e. The second kappa shape index (κ2) is 6.12. The van der Waals surface area contributed by atoms with Gasteiger partial charge in [0.25, 0.3) is 5.91 Å². The van der Waals surface area contributed by atoms with Crippen LogP contribution >= 0.6 is 34.5 Å². The molecule has 0 fully saturated rings. The van der Waals surface area contributed by atoms with Crippen molar-refractivity contribution in [2.75, 3.05) is 13.1 Å². The highest BCUT2D eigenvalue weighted by molar-refractivity contribution is 7.20. The van der Waals surface area contributed by atoms with Crippen LogP contribution in [0.5, 0.6) is 0 Å². The van der Waals surface area contributed by atoms with E-state index in [1.807, 2.05) is 0 Å². The molecule has 1 amide bonds. The van der Waals surface area contributed by atoms with Gasteiger partial charge in [0.05, 0.1) is 9.90 Å². The van der Waals surface area contributed by atoms with Crippen LogP contribution in [0.15, 0.2) is 6.07 Å². The fourth-order valence-electron chi connectivity index (χ4n) is 1.64. The molecule has 0 aliphatic heterocycles. The van der Waals surface area contributed by atoms with Gasteiger partial charge in [-0.05, 0) is 11.5 Å². The zero-order chi connectivity index (χ0) is 15.7. The van der Waals surface area contributed by atoms with Crippen LogP contribution in [-0.2, 0) is 0 Å². The number of carbonyl (C=O) groups is 1. The molecule has 0 N–H and O–H groups in total. The predicted octanol–water partition coefficient (Wildman–Crippen LogP) is 5.11. The molecule has 8 heteroatoms. The zero-order valence-corrected chi connectivity index (χ0v) is 13.5. The number of nitrogens with zero attached hydrogens (tertiary/aromatic N) is 1. The Kier molecular flexibility index (Phi) is 5.38. The Hall–Kier alpha value is -0.460. The molecule has 114 valence electrons. The van der Waals surface area contributed by atoms with Gasteiger partial charge in [-0.3, -0.25) is 4.79 Å². The van der Waals surface area contributed by atoms with E-state index in [4.69, 9.17) is 23.2 Å². The van der Waals surface area contributed by atoms with Gasteiger partial charge in [0.2, 0.25) is 0 Å². The molecule has 0 aliphatic rings. The van der Waals surface area contributed by atoms with Gasteiger partial charge in [-0.25, -0.2) is 0 Å². The summed E-state index contributed by atoms with van der Waals surface area (Å²) >= 11 is 12.5. The molecule has 0 spiro atoms. The normalized spacial score (nSPS) is 12.6. The third kappa shape index (κ3) is 5.50. The van der Waals surface area contributed by atoms with Gasteiger partial charge in [-0.2, -0.15) is 13.2 Å². The minimum Gasteiger partial charge on any atom is -0.329 e. The van der Waals surface area contributed by atoms with Crippen LogP contribution in [0.1, 0.15) is 31.1 Å². The summed E-state index contributed by atoms with van der Waals surface area (Å²) in [7, 11) is 0. The summed E-state index contributed by atoms with van der Waals surface area (Å²) in [4.78, 5) is 13.0. The first-order valence-electron chi connectivity index (χ1n) is 5.70. The highest BCUT2D eigenvalue weighted by Gasteiger charge is 2.35. The van der Waals surface area contributed by atoms with Crippen LogP contribution in [0.4, 0.5) is 13.2 Å². The fourth-order valence-corrected chi connectivity index (χ4v) is 3.09. The summed E-state index contributed by atoms with van der Waals surface area (Å²) in [6.45, 7) is 3.92. The summed E-state index contributed by atoms with van der Waals surface area (Å²) in [5.74, 6) is -0.759. The van der Waals surface area contributed by atoms with Gasteiger partial charge >= 0.3 is 6.18 Å². The lowest BCUT2D eigenvalue weighted by molar-refractivity contribution is -0.142. The Morgan fingerprint density at radius 1 is 1.25 bits per heavy atom. The van der Waals surface area contributed by atoms with Gasteiger partial charge in [-0.1, -0.05) is 44.0 Å². The van der Waals surface area contributed by atoms with Crippen molar-refractivity contribution in [1.82, 2.24) is 4.90 Å². The molecular formula is C12H14Cl2F3NOS. The Balaban J connectivity index is 3.04. The van der Waals surface area contributed by atoms with Crippen molar-refractivity contribution in [1.29, 1.82) is 0 Å². The number of amides is 1. The van der Waals surface area contributed by atoms with E-state index in [1.54, 1.807) is 20.8 Å². The fraction of sp³-hybridized carbons (Fsp3) is 0.583. The van der Waals surface area contributed by atoms with E-state index in [2.05, 4.69) is 0 Å². The lowest BCUT2D eigenvalue weighted by Crippen LogP contribution is -2.43. The first-order valence-corrected chi connectivity index (χ1v) is 7.27. The average Bonchev–Trinajstić information content (AvgIpc) is 2.51. The van der Waals surface area contributed by atoms with Gasteiger partial charge in [0.1, 0.15) is 10.9 Å². The monoisotopic (exact) mass is 347 g/mol. The number of carbonyl (C=O) groups excluding carboxylic acids is 1. The van der Waals surface area contributed by atoms with Crippen LogP contribution in [0.2, 0.25) is 8.67 Å². The molecule has 0 saturated heterocycles. The average molecular weight is 348 g/mol. The Morgan fingerprint density at radius 3 is 2.15 bits per heavy atom. The van der Waals surface area contributed by atoms with Crippen LogP contribution in [0, 0.1) is 5.41 Å². The second-order valence-corrected chi connectivity index (χ2v) is 7.86. The molecule has 1 heterocycles. The zero-order valence-electron chi connectivity index (χ0n) is 11.1. The highest BCUT2D eigenvalue weighted by atomic mass is 35.5. The predicted molar refractivity (Wildman–Crippen MR) is 75.8 cm³/mol. The Morgan fingerprint density at radius 2 is 1.80 bits per heavy atom. The summed E-state index contributed by atoms with van der Waals surface area (Å²) in [5.41, 5.74) is -0.456.